The van der Waals surface area contributed by atoms with Gasteiger partial charge in [-0.25, -0.2) is 4.79 Å². The number of hydrogen-bond donors (Lipinski definition) is 2. The number of carbonyl (C=O) groups is 3. The maximum absolute atomic E-state index is 12.5. The smallest absolute Gasteiger partial charge is 0.324 e. The van der Waals surface area contributed by atoms with Crippen molar-refractivity contribution >= 4 is 17.8 Å². The van der Waals surface area contributed by atoms with Crippen LogP contribution in [0.15, 0.2) is 54.6 Å². The molecule has 4 amide bonds. The zero-order valence-electron chi connectivity index (χ0n) is 14.9. The van der Waals surface area contributed by atoms with E-state index in [-0.39, 0.29) is 36.3 Å². The van der Waals surface area contributed by atoms with Crippen LogP contribution in [0.5, 0.6) is 0 Å². The zero-order chi connectivity index (χ0) is 18.9. The number of nitrogens with one attached hydrogen (secondary N) is 2. The molecule has 2 aromatic rings. The van der Waals surface area contributed by atoms with E-state index in [1.807, 2.05) is 18.2 Å². The van der Waals surface area contributed by atoms with E-state index in [0.717, 1.165) is 18.4 Å². The largest absolute Gasteiger partial charge is 0.351 e. The van der Waals surface area contributed by atoms with Crippen molar-refractivity contribution in [3.8, 4) is 0 Å². The summed E-state index contributed by atoms with van der Waals surface area (Å²) in [5.74, 6) is -0.351. The molecule has 2 fully saturated rings. The summed E-state index contributed by atoms with van der Waals surface area (Å²) in [6.07, 6.45) is 2.17. The molecule has 1 saturated heterocycles. The van der Waals surface area contributed by atoms with Gasteiger partial charge in [0.1, 0.15) is 0 Å². The molecule has 1 aliphatic carbocycles. The molecule has 1 saturated carbocycles. The van der Waals surface area contributed by atoms with Crippen molar-refractivity contribution < 1.29 is 14.4 Å². The van der Waals surface area contributed by atoms with Crippen molar-refractivity contribution in [1.82, 2.24) is 15.5 Å². The molecule has 2 N–H and O–H groups in total. The Hall–Kier alpha value is -3.15. The summed E-state index contributed by atoms with van der Waals surface area (Å²) in [6.45, 7) is 0.881. The Bertz CT molecular complexity index is 857. The third-order valence-electron chi connectivity index (χ3n) is 5.32. The van der Waals surface area contributed by atoms with E-state index >= 15 is 0 Å². The van der Waals surface area contributed by atoms with Gasteiger partial charge in [-0.1, -0.05) is 42.5 Å². The molecule has 27 heavy (non-hydrogen) atoms. The molecule has 0 aromatic heterocycles. The number of amides is 4. The highest BCUT2D eigenvalue weighted by atomic mass is 16.2. The molecule has 1 heterocycles. The van der Waals surface area contributed by atoms with Gasteiger partial charge in [-0.15, -0.1) is 0 Å². The van der Waals surface area contributed by atoms with Gasteiger partial charge >= 0.3 is 6.03 Å². The summed E-state index contributed by atoms with van der Waals surface area (Å²) in [7, 11) is 0. The summed E-state index contributed by atoms with van der Waals surface area (Å²) in [4.78, 5) is 36.9. The van der Waals surface area contributed by atoms with Gasteiger partial charge in [0, 0.05) is 17.5 Å². The second-order valence-electron chi connectivity index (χ2n) is 7.16. The van der Waals surface area contributed by atoms with E-state index in [1.54, 1.807) is 24.3 Å². The molecule has 0 atom stereocenters. The van der Waals surface area contributed by atoms with Gasteiger partial charge in [0.05, 0.1) is 13.1 Å². The van der Waals surface area contributed by atoms with Crippen molar-refractivity contribution in [1.29, 1.82) is 0 Å². The first kappa shape index (κ1) is 17.3. The van der Waals surface area contributed by atoms with Crippen LogP contribution >= 0.6 is 0 Å². The third-order valence-corrected chi connectivity index (χ3v) is 5.32. The highest BCUT2D eigenvalue weighted by Crippen LogP contribution is 2.47. The zero-order valence-corrected chi connectivity index (χ0v) is 14.9. The molecule has 6 nitrogen and oxygen atoms in total. The van der Waals surface area contributed by atoms with E-state index in [9.17, 15) is 14.4 Å². The molecule has 2 aromatic carbocycles. The lowest BCUT2D eigenvalue weighted by atomic mass is 9.96. The maximum Gasteiger partial charge on any atom is 0.324 e. The SMILES string of the molecule is O=C(NCC1(c2ccccc2)CC1)c1ccc(CN2C(=O)CNC2=O)cc1. The number of hydrogen-bond acceptors (Lipinski definition) is 3. The summed E-state index contributed by atoms with van der Waals surface area (Å²) < 4.78 is 0. The fourth-order valence-corrected chi connectivity index (χ4v) is 3.42. The molecule has 0 bridgehead atoms. The fraction of sp³-hybridized carbons (Fsp3) is 0.286. The van der Waals surface area contributed by atoms with E-state index in [4.69, 9.17) is 0 Å². The van der Waals surface area contributed by atoms with Gasteiger partial charge in [-0.3, -0.25) is 14.5 Å². The van der Waals surface area contributed by atoms with Crippen LogP contribution in [-0.4, -0.2) is 35.8 Å². The highest BCUT2D eigenvalue weighted by molar-refractivity contribution is 6.01. The van der Waals surface area contributed by atoms with E-state index in [2.05, 4.69) is 22.8 Å². The standard InChI is InChI=1S/C21H21N3O3/c25-18-12-22-20(27)24(18)13-15-6-8-16(9-7-15)19(26)23-14-21(10-11-21)17-4-2-1-3-5-17/h1-9H,10-14H2,(H,22,27)(H,23,26). The topological polar surface area (TPSA) is 78.5 Å². The predicted molar refractivity (Wildman–Crippen MR) is 100 cm³/mol. The Morgan fingerprint density at radius 1 is 1.04 bits per heavy atom. The van der Waals surface area contributed by atoms with Crippen LogP contribution in [0.1, 0.15) is 34.3 Å². The molecular formula is C21H21N3O3. The molecule has 0 unspecified atom stereocenters. The minimum Gasteiger partial charge on any atom is -0.351 e. The monoisotopic (exact) mass is 363 g/mol. The van der Waals surface area contributed by atoms with E-state index in [1.165, 1.54) is 10.5 Å². The molecule has 0 radical (unpaired) electrons. The van der Waals surface area contributed by atoms with Gasteiger partial charge in [0.25, 0.3) is 5.91 Å². The fourth-order valence-electron chi connectivity index (χ4n) is 3.42. The maximum atomic E-state index is 12.5. The quantitative estimate of drug-likeness (QED) is 0.773. The van der Waals surface area contributed by atoms with Crippen LogP contribution in [0.3, 0.4) is 0 Å². The summed E-state index contributed by atoms with van der Waals surface area (Å²) in [5.41, 5.74) is 2.72. The van der Waals surface area contributed by atoms with Crippen molar-refractivity contribution in [2.45, 2.75) is 24.8 Å². The van der Waals surface area contributed by atoms with E-state index < -0.39 is 0 Å². The molecule has 0 spiro atoms. The normalized spacial score (nSPS) is 17.6. The first-order valence-corrected chi connectivity index (χ1v) is 9.08. The number of nitrogens with zero attached hydrogens (tertiary/aromatic N) is 1. The van der Waals surface area contributed by atoms with Gasteiger partial charge in [-0.2, -0.15) is 0 Å². The van der Waals surface area contributed by atoms with Crippen molar-refractivity contribution in [2.75, 3.05) is 13.1 Å². The lowest BCUT2D eigenvalue weighted by Gasteiger charge is -2.17. The Labute approximate surface area is 157 Å². The molecule has 6 heteroatoms. The Kier molecular flexibility index (Phi) is 4.39. The van der Waals surface area contributed by atoms with Crippen LogP contribution in [0, 0.1) is 0 Å². The lowest BCUT2D eigenvalue weighted by molar-refractivity contribution is -0.125. The Morgan fingerprint density at radius 2 is 1.74 bits per heavy atom. The number of benzene rings is 2. The van der Waals surface area contributed by atoms with Gasteiger partial charge in [-0.05, 0) is 36.1 Å². The first-order chi connectivity index (χ1) is 13.1. The van der Waals surface area contributed by atoms with Crippen LogP contribution < -0.4 is 10.6 Å². The molecule has 138 valence electrons. The third kappa shape index (κ3) is 3.56. The first-order valence-electron chi connectivity index (χ1n) is 9.08. The molecule has 1 aliphatic heterocycles. The van der Waals surface area contributed by atoms with Crippen molar-refractivity contribution in [3.05, 3.63) is 71.3 Å². The van der Waals surface area contributed by atoms with Gasteiger partial charge in [0.15, 0.2) is 0 Å². The average Bonchev–Trinajstić information content (AvgIpc) is 3.44. The Balaban J connectivity index is 1.36. The van der Waals surface area contributed by atoms with Crippen LogP contribution in [0.4, 0.5) is 4.79 Å². The number of rotatable bonds is 6. The van der Waals surface area contributed by atoms with Crippen molar-refractivity contribution in [2.24, 2.45) is 0 Å². The number of imide groups is 1. The van der Waals surface area contributed by atoms with Crippen LogP contribution in [0.25, 0.3) is 0 Å². The van der Waals surface area contributed by atoms with Crippen molar-refractivity contribution in [3.63, 3.8) is 0 Å². The number of carbonyl (C=O) groups excluding carboxylic acids is 3. The van der Waals surface area contributed by atoms with Crippen LogP contribution in [0.2, 0.25) is 0 Å². The second-order valence-corrected chi connectivity index (χ2v) is 7.16. The molecule has 2 aliphatic rings. The van der Waals surface area contributed by atoms with E-state index in [0.29, 0.717) is 12.1 Å². The molecule has 4 rings (SSSR count). The highest BCUT2D eigenvalue weighted by Gasteiger charge is 2.44. The second kappa shape index (κ2) is 6.87. The van der Waals surface area contributed by atoms with Crippen LogP contribution in [-0.2, 0) is 16.8 Å². The lowest BCUT2D eigenvalue weighted by Crippen LogP contribution is -2.32. The van der Waals surface area contributed by atoms with Gasteiger partial charge in [0.2, 0.25) is 5.91 Å². The molecular weight excluding hydrogens is 342 g/mol. The Morgan fingerprint density at radius 3 is 2.33 bits per heavy atom. The summed E-state index contributed by atoms with van der Waals surface area (Å²) in [5, 5.41) is 5.53. The summed E-state index contributed by atoms with van der Waals surface area (Å²) in [6, 6.07) is 16.9. The number of urea groups is 1. The van der Waals surface area contributed by atoms with Gasteiger partial charge < -0.3 is 10.6 Å². The minimum absolute atomic E-state index is 0.0441. The predicted octanol–water partition coefficient (Wildman–Crippen LogP) is 2.20. The summed E-state index contributed by atoms with van der Waals surface area (Å²) >= 11 is 0. The minimum atomic E-state index is -0.377. The average molecular weight is 363 g/mol.